The number of alkyl halides is 3. The highest BCUT2D eigenvalue weighted by molar-refractivity contribution is 5.82. The molecule has 0 radical (unpaired) electrons. The Balaban J connectivity index is 2.10. The van der Waals surface area contributed by atoms with Gasteiger partial charge in [0.15, 0.2) is 0 Å². The molecule has 2 N–H and O–H groups in total. The fourth-order valence-electron chi connectivity index (χ4n) is 2.90. The highest BCUT2D eigenvalue weighted by atomic mass is 19.4. The van der Waals surface area contributed by atoms with Gasteiger partial charge in [0.25, 0.3) is 0 Å². The van der Waals surface area contributed by atoms with E-state index in [0.717, 1.165) is 24.9 Å². The number of benzene rings is 1. The van der Waals surface area contributed by atoms with Crippen molar-refractivity contribution in [2.24, 2.45) is 5.41 Å². The molecule has 23 heavy (non-hydrogen) atoms. The van der Waals surface area contributed by atoms with Crippen LogP contribution in [-0.2, 0) is 11.2 Å². The van der Waals surface area contributed by atoms with E-state index in [0.29, 0.717) is 6.42 Å². The number of piperidine rings is 1. The summed E-state index contributed by atoms with van der Waals surface area (Å²) in [5.74, 6) is -1.87. The molecule has 1 aromatic rings. The van der Waals surface area contributed by atoms with Gasteiger partial charge >= 0.3 is 12.1 Å². The zero-order valence-corrected chi connectivity index (χ0v) is 13.4. The maximum Gasteiger partial charge on any atom is 0.471 e. The first kappa shape index (κ1) is 17.8. The fraction of sp³-hybridized carbons (Fsp3) is 0.588. The summed E-state index contributed by atoms with van der Waals surface area (Å²) in [7, 11) is 0. The van der Waals surface area contributed by atoms with E-state index in [1.54, 1.807) is 0 Å². The van der Waals surface area contributed by atoms with Gasteiger partial charge in [-0.1, -0.05) is 44.2 Å². The first-order chi connectivity index (χ1) is 10.7. The van der Waals surface area contributed by atoms with Crippen molar-refractivity contribution < 1.29 is 18.0 Å². The third-order valence-electron chi connectivity index (χ3n) is 4.33. The number of rotatable bonds is 4. The minimum absolute atomic E-state index is 0.127. The van der Waals surface area contributed by atoms with Crippen LogP contribution in [0.4, 0.5) is 13.2 Å². The van der Waals surface area contributed by atoms with E-state index < -0.39 is 18.1 Å². The molecule has 6 heteroatoms. The van der Waals surface area contributed by atoms with Crippen LogP contribution >= 0.6 is 0 Å². The van der Waals surface area contributed by atoms with E-state index in [2.05, 4.69) is 24.5 Å². The number of carbonyl (C=O) groups excluding carboxylic acids is 1. The molecule has 1 aliphatic heterocycles. The van der Waals surface area contributed by atoms with Crippen LogP contribution in [0.1, 0.15) is 32.3 Å². The van der Waals surface area contributed by atoms with E-state index in [1.807, 2.05) is 30.3 Å². The summed E-state index contributed by atoms with van der Waals surface area (Å²) in [4.78, 5) is 11.4. The molecule has 2 atom stereocenters. The molecule has 3 nitrogen and oxygen atoms in total. The van der Waals surface area contributed by atoms with Crippen molar-refractivity contribution in [3.05, 3.63) is 35.9 Å². The Morgan fingerprint density at radius 1 is 1.35 bits per heavy atom. The van der Waals surface area contributed by atoms with Crippen LogP contribution in [0.5, 0.6) is 0 Å². The monoisotopic (exact) mass is 328 g/mol. The smallest absolute Gasteiger partial charge is 0.344 e. The van der Waals surface area contributed by atoms with Gasteiger partial charge in [-0.3, -0.25) is 4.79 Å². The van der Waals surface area contributed by atoms with Crippen molar-refractivity contribution >= 4 is 5.91 Å². The molecular formula is C17H23F3N2O. The molecule has 2 unspecified atom stereocenters. The van der Waals surface area contributed by atoms with Gasteiger partial charge in [-0.2, -0.15) is 13.2 Å². The van der Waals surface area contributed by atoms with Gasteiger partial charge in [-0.15, -0.1) is 0 Å². The molecule has 0 aromatic heterocycles. The Kier molecular flexibility index (Phi) is 5.34. The molecule has 0 saturated carbocycles. The number of halogens is 3. The second-order valence-corrected chi connectivity index (χ2v) is 6.96. The summed E-state index contributed by atoms with van der Waals surface area (Å²) >= 11 is 0. The molecule has 1 aliphatic rings. The molecule has 1 fully saturated rings. The maximum atomic E-state index is 12.6. The van der Waals surface area contributed by atoms with E-state index in [1.165, 1.54) is 0 Å². The average molecular weight is 328 g/mol. The highest BCUT2D eigenvalue weighted by Gasteiger charge is 2.41. The third-order valence-corrected chi connectivity index (χ3v) is 4.33. The van der Waals surface area contributed by atoms with Crippen molar-refractivity contribution in [3.63, 3.8) is 0 Å². The summed E-state index contributed by atoms with van der Waals surface area (Å²) in [6.07, 6.45) is -2.83. The molecular weight excluding hydrogens is 305 g/mol. The molecule has 1 heterocycles. The van der Waals surface area contributed by atoms with Crippen LogP contribution in [0.3, 0.4) is 0 Å². The van der Waals surface area contributed by atoms with E-state index in [9.17, 15) is 18.0 Å². The summed E-state index contributed by atoms with van der Waals surface area (Å²) in [5, 5.41) is 5.48. The molecule has 1 aromatic carbocycles. The number of nitrogens with one attached hydrogen (secondary N) is 2. The molecule has 0 bridgehead atoms. The predicted octanol–water partition coefficient (Wildman–Crippen LogP) is 3.05. The van der Waals surface area contributed by atoms with Crippen LogP contribution < -0.4 is 10.6 Å². The van der Waals surface area contributed by atoms with Crippen molar-refractivity contribution in [1.29, 1.82) is 0 Å². The lowest BCUT2D eigenvalue weighted by Crippen LogP contribution is -2.57. The van der Waals surface area contributed by atoms with Crippen LogP contribution in [0, 0.1) is 5.41 Å². The van der Waals surface area contributed by atoms with Crippen LogP contribution in [0.25, 0.3) is 0 Å². The summed E-state index contributed by atoms with van der Waals surface area (Å²) in [5.41, 5.74) is 1.04. The van der Waals surface area contributed by atoms with Crippen LogP contribution in [0.15, 0.2) is 30.3 Å². The maximum absolute atomic E-state index is 12.6. The average Bonchev–Trinajstić information content (AvgIpc) is 2.46. The van der Waals surface area contributed by atoms with E-state index in [-0.39, 0.29) is 11.5 Å². The summed E-state index contributed by atoms with van der Waals surface area (Å²) in [6.45, 7) is 4.97. The largest absolute Gasteiger partial charge is 0.471 e. The molecule has 0 aliphatic carbocycles. The van der Waals surface area contributed by atoms with Gasteiger partial charge in [0.05, 0.1) is 0 Å². The van der Waals surface area contributed by atoms with Crippen LogP contribution in [-0.4, -0.2) is 30.7 Å². The lowest BCUT2D eigenvalue weighted by atomic mass is 9.80. The lowest BCUT2D eigenvalue weighted by Gasteiger charge is -2.39. The minimum Gasteiger partial charge on any atom is -0.344 e. The number of hydrogen-bond donors (Lipinski definition) is 2. The van der Waals surface area contributed by atoms with E-state index >= 15 is 0 Å². The van der Waals surface area contributed by atoms with Gasteiger partial charge < -0.3 is 10.6 Å². The van der Waals surface area contributed by atoms with Crippen molar-refractivity contribution in [2.75, 3.05) is 6.54 Å². The Morgan fingerprint density at radius 3 is 2.52 bits per heavy atom. The minimum atomic E-state index is -4.86. The Morgan fingerprint density at radius 2 is 2.00 bits per heavy atom. The molecule has 2 rings (SSSR count). The van der Waals surface area contributed by atoms with E-state index in [4.69, 9.17) is 0 Å². The summed E-state index contributed by atoms with van der Waals surface area (Å²) < 4.78 is 37.8. The second kappa shape index (κ2) is 6.91. The molecule has 128 valence electrons. The van der Waals surface area contributed by atoms with Crippen molar-refractivity contribution in [3.8, 4) is 0 Å². The number of amides is 1. The quantitative estimate of drug-likeness (QED) is 0.892. The van der Waals surface area contributed by atoms with Gasteiger partial charge in [0.2, 0.25) is 0 Å². The zero-order chi connectivity index (χ0) is 17.1. The first-order valence-corrected chi connectivity index (χ1v) is 7.82. The third kappa shape index (κ3) is 5.23. The summed E-state index contributed by atoms with van der Waals surface area (Å²) in [6, 6.07) is 8.52. The molecule has 0 spiro atoms. The van der Waals surface area contributed by atoms with Crippen LogP contribution in [0.2, 0.25) is 0 Å². The van der Waals surface area contributed by atoms with Gasteiger partial charge in [-0.25, -0.2) is 0 Å². The van der Waals surface area contributed by atoms with Gasteiger partial charge in [-0.05, 0) is 30.2 Å². The van der Waals surface area contributed by atoms with Gasteiger partial charge in [0, 0.05) is 18.6 Å². The highest BCUT2D eigenvalue weighted by Crippen LogP contribution is 2.28. The Hall–Kier alpha value is -1.56. The first-order valence-electron chi connectivity index (χ1n) is 7.82. The molecule has 1 amide bonds. The van der Waals surface area contributed by atoms with Crippen molar-refractivity contribution in [2.45, 2.75) is 51.4 Å². The number of carbonyl (C=O) groups is 1. The Labute approximate surface area is 134 Å². The lowest BCUT2D eigenvalue weighted by molar-refractivity contribution is -0.174. The molecule has 1 saturated heterocycles. The second-order valence-electron chi connectivity index (χ2n) is 6.96. The predicted molar refractivity (Wildman–Crippen MR) is 82.9 cm³/mol. The zero-order valence-electron chi connectivity index (χ0n) is 13.4. The topological polar surface area (TPSA) is 41.1 Å². The van der Waals surface area contributed by atoms with Crippen molar-refractivity contribution in [1.82, 2.24) is 10.6 Å². The fourth-order valence-corrected chi connectivity index (χ4v) is 2.90. The SMILES string of the molecule is CC1(C)CCC(C(Cc2ccccc2)NC(=O)C(F)(F)F)NC1. The normalized spacial score (nSPS) is 22.4. The Bertz CT molecular complexity index is 518. The van der Waals surface area contributed by atoms with Gasteiger partial charge in [0.1, 0.15) is 0 Å². The number of hydrogen-bond acceptors (Lipinski definition) is 2. The standard InChI is InChI=1S/C17H23F3N2O/c1-16(2)9-8-13(21-11-16)14(22-15(23)17(18,19)20)10-12-6-4-3-5-7-12/h3-7,13-14,21H,8-11H2,1-2H3,(H,22,23).